The lowest BCUT2D eigenvalue weighted by atomic mass is 10.2. The number of carbonyl (C=O) groups is 1. The van der Waals surface area contributed by atoms with E-state index >= 15 is 0 Å². The third-order valence-electron chi connectivity index (χ3n) is 2.16. The van der Waals surface area contributed by atoms with Crippen molar-refractivity contribution in [2.75, 3.05) is 27.3 Å². The van der Waals surface area contributed by atoms with E-state index in [1.165, 1.54) is 0 Å². The molecular formula is C11H24N2O3. The lowest BCUT2D eigenvalue weighted by Gasteiger charge is -2.22. The van der Waals surface area contributed by atoms with Gasteiger partial charge in [0, 0.05) is 20.8 Å². The topological polar surface area (TPSA) is 59.6 Å². The average Bonchev–Trinajstić information content (AvgIpc) is 2.25. The van der Waals surface area contributed by atoms with Crippen molar-refractivity contribution in [1.82, 2.24) is 10.6 Å². The van der Waals surface area contributed by atoms with Gasteiger partial charge in [0.2, 0.25) is 5.91 Å². The Balaban J connectivity index is 3.73. The van der Waals surface area contributed by atoms with Gasteiger partial charge in [0.1, 0.15) is 0 Å². The van der Waals surface area contributed by atoms with E-state index < -0.39 is 0 Å². The summed E-state index contributed by atoms with van der Waals surface area (Å²) in [6.07, 6.45) is -0.335. The van der Waals surface area contributed by atoms with Gasteiger partial charge >= 0.3 is 0 Å². The zero-order valence-corrected chi connectivity index (χ0v) is 10.9. The number of methoxy groups -OCH3 is 2. The smallest absolute Gasteiger partial charge is 0.233 e. The van der Waals surface area contributed by atoms with Gasteiger partial charge < -0.3 is 20.1 Å². The molecular weight excluding hydrogens is 208 g/mol. The van der Waals surface area contributed by atoms with Gasteiger partial charge in [0.05, 0.1) is 12.6 Å². The van der Waals surface area contributed by atoms with Gasteiger partial charge in [-0.15, -0.1) is 0 Å². The van der Waals surface area contributed by atoms with Crippen molar-refractivity contribution in [3.8, 4) is 0 Å². The standard InChI is InChI=1S/C11H24N2O3/c1-8(2)6-13-10(14)7-12-9(3)11(15-4)16-5/h8-9,11-12H,6-7H2,1-5H3,(H,13,14). The van der Waals surface area contributed by atoms with Gasteiger partial charge in [-0.3, -0.25) is 4.79 Å². The summed E-state index contributed by atoms with van der Waals surface area (Å²) >= 11 is 0. The molecule has 1 atom stereocenters. The average molecular weight is 232 g/mol. The van der Waals surface area contributed by atoms with Crippen LogP contribution in [0.15, 0.2) is 0 Å². The predicted molar refractivity (Wildman–Crippen MR) is 63.1 cm³/mol. The second-order valence-corrected chi connectivity index (χ2v) is 4.21. The van der Waals surface area contributed by atoms with Crippen LogP contribution in [0.2, 0.25) is 0 Å². The number of rotatable bonds is 8. The third kappa shape index (κ3) is 6.76. The van der Waals surface area contributed by atoms with Crippen LogP contribution in [0.1, 0.15) is 20.8 Å². The van der Waals surface area contributed by atoms with Gasteiger partial charge in [-0.25, -0.2) is 0 Å². The van der Waals surface area contributed by atoms with Crippen molar-refractivity contribution < 1.29 is 14.3 Å². The van der Waals surface area contributed by atoms with E-state index in [1.807, 2.05) is 6.92 Å². The molecule has 0 bridgehead atoms. The molecule has 0 rings (SSSR count). The van der Waals surface area contributed by atoms with Crippen LogP contribution < -0.4 is 10.6 Å². The molecule has 0 fully saturated rings. The predicted octanol–water partition coefficient (Wildman–Crippen LogP) is 0.356. The largest absolute Gasteiger partial charge is 0.355 e. The van der Waals surface area contributed by atoms with Gasteiger partial charge in [0.15, 0.2) is 6.29 Å². The molecule has 2 N–H and O–H groups in total. The molecule has 0 heterocycles. The summed E-state index contributed by atoms with van der Waals surface area (Å²) in [6, 6.07) is -0.0280. The molecule has 0 aromatic rings. The number of ether oxygens (including phenoxy) is 2. The van der Waals surface area contributed by atoms with Crippen molar-refractivity contribution in [2.45, 2.75) is 33.1 Å². The maximum atomic E-state index is 11.4. The number of hydrogen-bond acceptors (Lipinski definition) is 4. The van der Waals surface area contributed by atoms with Crippen LogP contribution >= 0.6 is 0 Å². The molecule has 16 heavy (non-hydrogen) atoms. The summed E-state index contributed by atoms with van der Waals surface area (Å²) < 4.78 is 10.2. The first-order chi connectivity index (χ1) is 7.51. The molecule has 1 amide bonds. The van der Waals surface area contributed by atoms with Crippen LogP contribution in [-0.2, 0) is 14.3 Å². The Morgan fingerprint density at radius 2 is 1.75 bits per heavy atom. The highest BCUT2D eigenvalue weighted by atomic mass is 16.7. The molecule has 0 aromatic carbocycles. The lowest BCUT2D eigenvalue weighted by Crippen LogP contribution is -2.45. The minimum absolute atomic E-state index is 0.00786. The normalized spacial score (nSPS) is 13.2. The molecule has 1 unspecified atom stereocenters. The SMILES string of the molecule is COC(OC)C(C)NCC(=O)NCC(C)C. The highest BCUT2D eigenvalue weighted by Gasteiger charge is 2.15. The van der Waals surface area contributed by atoms with Crippen molar-refractivity contribution in [3.05, 3.63) is 0 Å². The molecule has 5 nitrogen and oxygen atoms in total. The third-order valence-corrected chi connectivity index (χ3v) is 2.16. The van der Waals surface area contributed by atoms with E-state index in [0.29, 0.717) is 12.5 Å². The highest BCUT2D eigenvalue weighted by Crippen LogP contribution is 1.97. The van der Waals surface area contributed by atoms with Crippen LogP contribution in [0.25, 0.3) is 0 Å². The van der Waals surface area contributed by atoms with Gasteiger partial charge in [-0.2, -0.15) is 0 Å². The monoisotopic (exact) mass is 232 g/mol. The van der Waals surface area contributed by atoms with E-state index in [4.69, 9.17) is 9.47 Å². The highest BCUT2D eigenvalue weighted by molar-refractivity contribution is 5.77. The van der Waals surface area contributed by atoms with Crippen molar-refractivity contribution in [2.24, 2.45) is 5.92 Å². The van der Waals surface area contributed by atoms with E-state index in [9.17, 15) is 4.79 Å². The van der Waals surface area contributed by atoms with Crippen LogP contribution in [0.5, 0.6) is 0 Å². The van der Waals surface area contributed by atoms with Crippen LogP contribution in [0, 0.1) is 5.92 Å². The van der Waals surface area contributed by atoms with Gasteiger partial charge in [0.25, 0.3) is 0 Å². The molecule has 0 radical (unpaired) electrons. The van der Waals surface area contributed by atoms with E-state index in [2.05, 4.69) is 24.5 Å². The molecule has 5 heteroatoms. The number of hydrogen-bond donors (Lipinski definition) is 2. The fraction of sp³-hybridized carbons (Fsp3) is 0.909. The Hall–Kier alpha value is -0.650. The molecule has 0 spiro atoms. The van der Waals surface area contributed by atoms with E-state index in [1.54, 1.807) is 14.2 Å². The van der Waals surface area contributed by atoms with Gasteiger partial charge in [-0.05, 0) is 12.8 Å². The minimum atomic E-state index is -0.335. The minimum Gasteiger partial charge on any atom is -0.355 e. The maximum absolute atomic E-state index is 11.4. The first kappa shape index (κ1) is 15.3. The zero-order chi connectivity index (χ0) is 12.6. The summed E-state index contributed by atoms with van der Waals surface area (Å²) in [5.41, 5.74) is 0. The summed E-state index contributed by atoms with van der Waals surface area (Å²) in [5.74, 6) is 0.457. The summed E-state index contributed by atoms with van der Waals surface area (Å²) in [4.78, 5) is 11.4. The number of carbonyl (C=O) groups excluding carboxylic acids is 1. The van der Waals surface area contributed by atoms with Crippen molar-refractivity contribution in [3.63, 3.8) is 0 Å². The molecule has 0 aliphatic rings. The molecule has 0 aliphatic heterocycles. The molecule has 0 aliphatic carbocycles. The first-order valence-corrected chi connectivity index (χ1v) is 5.56. The molecule has 0 saturated heterocycles. The summed E-state index contributed by atoms with van der Waals surface area (Å²) in [6.45, 7) is 7.00. The van der Waals surface area contributed by atoms with E-state index in [-0.39, 0.29) is 24.8 Å². The number of amides is 1. The first-order valence-electron chi connectivity index (χ1n) is 5.56. The van der Waals surface area contributed by atoms with Crippen LogP contribution in [0.4, 0.5) is 0 Å². The molecule has 96 valence electrons. The van der Waals surface area contributed by atoms with Crippen LogP contribution in [0.3, 0.4) is 0 Å². The second kappa shape index (κ2) is 8.50. The summed E-state index contributed by atoms with van der Waals surface area (Å²) in [7, 11) is 3.15. The number of nitrogens with one attached hydrogen (secondary N) is 2. The fourth-order valence-corrected chi connectivity index (χ4v) is 1.23. The van der Waals surface area contributed by atoms with Gasteiger partial charge in [-0.1, -0.05) is 13.8 Å². The Bertz CT molecular complexity index is 194. The molecule has 0 aromatic heterocycles. The van der Waals surface area contributed by atoms with Crippen molar-refractivity contribution >= 4 is 5.91 Å². The Morgan fingerprint density at radius 1 is 1.19 bits per heavy atom. The zero-order valence-electron chi connectivity index (χ0n) is 10.9. The van der Waals surface area contributed by atoms with Crippen molar-refractivity contribution in [1.29, 1.82) is 0 Å². The molecule has 0 saturated carbocycles. The Morgan fingerprint density at radius 3 is 2.19 bits per heavy atom. The second-order valence-electron chi connectivity index (χ2n) is 4.21. The summed E-state index contributed by atoms with van der Waals surface area (Å²) in [5, 5.41) is 5.88. The maximum Gasteiger partial charge on any atom is 0.233 e. The quantitative estimate of drug-likeness (QED) is 0.593. The Labute approximate surface area is 97.9 Å². The lowest BCUT2D eigenvalue weighted by molar-refractivity contribution is -0.126. The Kier molecular flexibility index (Phi) is 8.15. The van der Waals surface area contributed by atoms with Crippen LogP contribution in [-0.4, -0.2) is 45.5 Å². The fourth-order valence-electron chi connectivity index (χ4n) is 1.23. The van der Waals surface area contributed by atoms with E-state index in [0.717, 1.165) is 0 Å².